The lowest BCUT2D eigenvalue weighted by Crippen LogP contribution is -2.52. The Labute approximate surface area is 166 Å². The van der Waals surface area contributed by atoms with Crippen molar-refractivity contribution < 1.29 is 23.8 Å². The van der Waals surface area contributed by atoms with E-state index in [0.717, 1.165) is 17.6 Å². The molecule has 1 fully saturated rings. The molecule has 2 aliphatic heterocycles. The standard InChI is InChI=1S/C23H30O5/c1-6-17-12(2)9-14(4)23-15(11-19(26-5)22(25)27-17)7-8-16-18(28-23)10-13(3)21(24)20(16)23/h7-10,12,15-20H,6,11H2,1-5H3/t12-,15-,16+,17-,18+,19+,20+,23+/m1/s1. The molecule has 1 spiro atoms. The summed E-state index contributed by atoms with van der Waals surface area (Å²) >= 11 is 0. The summed E-state index contributed by atoms with van der Waals surface area (Å²) in [5.74, 6) is -0.452. The number of methoxy groups -OCH3 is 1. The van der Waals surface area contributed by atoms with Crippen molar-refractivity contribution in [3.63, 3.8) is 0 Å². The van der Waals surface area contributed by atoms with Crippen LogP contribution in [-0.4, -0.2) is 42.8 Å². The Balaban J connectivity index is 1.86. The Bertz CT molecular complexity index is 778. The van der Waals surface area contributed by atoms with E-state index in [4.69, 9.17) is 14.2 Å². The van der Waals surface area contributed by atoms with E-state index in [9.17, 15) is 9.59 Å². The predicted octanol–water partition coefficient (Wildman–Crippen LogP) is 3.39. The number of rotatable bonds is 2. The number of Topliss-reactive ketones (excluding diaryl/α,β-unsaturated/α-hetero) is 1. The quantitative estimate of drug-likeness (QED) is 0.538. The maximum Gasteiger partial charge on any atom is 0.335 e. The minimum Gasteiger partial charge on any atom is -0.460 e. The summed E-state index contributed by atoms with van der Waals surface area (Å²) in [5.41, 5.74) is 1.12. The molecule has 4 bridgehead atoms. The Morgan fingerprint density at radius 3 is 2.64 bits per heavy atom. The molecular weight excluding hydrogens is 356 g/mol. The first-order valence-electron chi connectivity index (χ1n) is 10.3. The third-order valence-electron chi connectivity index (χ3n) is 7.16. The van der Waals surface area contributed by atoms with Gasteiger partial charge in [-0.1, -0.05) is 32.1 Å². The van der Waals surface area contributed by atoms with Gasteiger partial charge in [-0.25, -0.2) is 4.79 Å². The summed E-state index contributed by atoms with van der Waals surface area (Å²) in [4.78, 5) is 26.0. The molecular formula is C23H30O5. The molecule has 152 valence electrons. The molecule has 4 rings (SSSR count). The van der Waals surface area contributed by atoms with E-state index >= 15 is 0 Å². The Morgan fingerprint density at radius 1 is 1.21 bits per heavy atom. The van der Waals surface area contributed by atoms with Gasteiger partial charge in [-0.15, -0.1) is 0 Å². The smallest absolute Gasteiger partial charge is 0.335 e. The monoisotopic (exact) mass is 386 g/mol. The molecule has 0 aromatic carbocycles. The summed E-state index contributed by atoms with van der Waals surface area (Å²) in [6, 6.07) is 0. The summed E-state index contributed by atoms with van der Waals surface area (Å²) in [6.45, 7) is 8.02. The van der Waals surface area contributed by atoms with Crippen molar-refractivity contribution in [2.75, 3.05) is 7.11 Å². The van der Waals surface area contributed by atoms with Gasteiger partial charge in [-0.05, 0) is 43.9 Å². The molecule has 2 aliphatic carbocycles. The zero-order valence-corrected chi connectivity index (χ0v) is 17.3. The highest BCUT2D eigenvalue weighted by molar-refractivity contribution is 6.00. The lowest BCUT2D eigenvalue weighted by atomic mass is 9.60. The van der Waals surface area contributed by atoms with Crippen LogP contribution in [0.15, 0.2) is 35.5 Å². The van der Waals surface area contributed by atoms with Crippen LogP contribution in [0.4, 0.5) is 0 Å². The normalized spacial score (nSPS) is 45.1. The lowest BCUT2D eigenvalue weighted by Gasteiger charge is -2.45. The van der Waals surface area contributed by atoms with Gasteiger partial charge in [0, 0.05) is 24.9 Å². The van der Waals surface area contributed by atoms with Crippen LogP contribution in [-0.2, 0) is 23.8 Å². The van der Waals surface area contributed by atoms with Crippen LogP contribution in [0.3, 0.4) is 0 Å². The molecule has 0 aromatic rings. The lowest BCUT2D eigenvalue weighted by molar-refractivity contribution is -0.165. The molecule has 1 saturated heterocycles. The predicted molar refractivity (Wildman–Crippen MR) is 104 cm³/mol. The molecule has 5 heteroatoms. The van der Waals surface area contributed by atoms with E-state index in [0.29, 0.717) is 6.42 Å². The minimum atomic E-state index is -0.726. The highest BCUT2D eigenvalue weighted by Gasteiger charge is 2.64. The molecule has 0 saturated carbocycles. The zero-order valence-electron chi connectivity index (χ0n) is 17.3. The summed E-state index contributed by atoms with van der Waals surface area (Å²) in [6.07, 6.45) is 8.52. The van der Waals surface area contributed by atoms with E-state index < -0.39 is 11.7 Å². The van der Waals surface area contributed by atoms with E-state index in [2.05, 4.69) is 32.1 Å². The maximum atomic E-state index is 13.2. The van der Waals surface area contributed by atoms with Gasteiger partial charge < -0.3 is 14.2 Å². The number of carbonyl (C=O) groups excluding carboxylic acids is 2. The second kappa shape index (κ2) is 6.96. The first-order chi connectivity index (χ1) is 13.3. The van der Waals surface area contributed by atoms with Crippen LogP contribution in [0, 0.1) is 23.7 Å². The van der Waals surface area contributed by atoms with Gasteiger partial charge in [0.25, 0.3) is 0 Å². The highest BCUT2D eigenvalue weighted by Crippen LogP contribution is 2.58. The number of esters is 1. The van der Waals surface area contributed by atoms with Gasteiger partial charge in [0.2, 0.25) is 0 Å². The number of ketones is 1. The molecule has 28 heavy (non-hydrogen) atoms. The third kappa shape index (κ3) is 2.66. The highest BCUT2D eigenvalue weighted by atomic mass is 16.6. The SMILES string of the molecule is CC[C@H]1OC(=O)[C@@H](OC)C[C@H]2C=C[C@H]3[C@@H]4C=C(C)C(=O)[C@H]3[C@]2(O4)C(C)=C[C@H]1C. The van der Waals surface area contributed by atoms with Gasteiger partial charge in [0.05, 0.1) is 12.0 Å². The van der Waals surface area contributed by atoms with Crippen molar-refractivity contribution in [1.29, 1.82) is 0 Å². The van der Waals surface area contributed by atoms with Gasteiger partial charge in [0.15, 0.2) is 11.9 Å². The van der Waals surface area contributed by atoms with Gasteiger partial charge in [0.1, 0.15) is 11.7 Å². The summed E-state index contributed by atoms with van der Waals surface area (Å²) < 4.78 is 18.0. The second-order valence-corrected chi connectivity index (χ2v) is 8.69. The molecule has 0 N–H and O–H groups in total. The maximum absolute atomic E-state index is 13.2. The van der Waals surface area contributed by atoms with Crippen molar-refractivity contribution >= 4 is 11.8 Å². The molecule has 0 aromatic heterocycles. The fourth-order valence-corrected chi connectivity index (χ4v) is 5.71. The first-order valence-corrected chi connectivity index (χ1v) is 10.3. The molecule has 0 radical (unpaired) electrons. The Hall–Kier alpha value is -1.72. The van der Waals surface area contributed by atoms with Crippen molar-refractivity contribution in [2.45, 2.75) is 64.4 Å². The number of allylic oxidation sites excluding steroid dienone is 1. The molecule has 5 nitrogen and oxygen atoms in total. The van der Waals surface area contributed by atoms with E-state index in [1.54, 1.807) is 0 Å². The molecule has 4 aliphatic rings. The topological polar surface area (TPSA) is 61.8 Å². The minimum absolute atomic E-state index is 0.0251. The van der Waals surface area contributed by atoms with Crippen LogP contribution in [0.1, 0.15) is 40.5 Å². The number of cyclic esters (lactones) is 1. The van der Waals surface area contributed by atoms with Gasteiger partial charge >= 0.3 is 5.97 Å². The van der Waals surface area contributed by atoms with Crippen LogP contribution in [0.5, 0.6) is 0 Å². The summed E-state index contributed by atoms with van der Waals surface area (Å²) in [5, 5.41) is 0. The molecule has 0 unspecified atom stereocenters. The van der Waals surface area contributed by atoms with Crippen molar-refractivity contribution in [2.24, 2.45) is 23.7 Å². The molecule has 0 amide bonds. The fraction of sp³-hybridized carbons (Fsp3) is 0.652. The van der Waals surface area contributed by atoms with Crippen LogP contribution >= 0.6 is 0 Å². The van der Waals surface area contributed by atoms with Gasteiger partial charge in [-0.3, -0.25) is 4.79 Å². The van der Waals surface area contributed by atoms with Gasteiger partial charge in [-0.2, -0.15) is 0 Å². The number of hydrogen-bond donors (Lipinski definition) is 0. The van der Waals surface area contributed by atoms with Crippen LogP contribution < -0.4 is 0 Å². The van der Waals surface area contributed by atoms with E-state index in [1.807, 2.05) is 19.9 Å². The number of ether oxygens (including phenoxy) is 3. The zero-order chi connectivity index (χ0) is 20.2. The first kappa shape index (κ1) is 19.6. The Morgan fingerprint density at radius 2 is 1.96 bits per heavy atom. The van der Waals surface area contributed by atoms with Crippen LogP contribution in [0.2, 0.25) is 0 Å². The summed E-state index contributed by atoms with van der Waals surface area (Å²) in [7, 11) is 1.54. The largest absolute Gasteiger partial charge is 0.460 e. The third-order valence-corrected chi connectivity index (χ3v) is 7.16. The second-order valence-electron chi connectivity index (χ2n) is 8.69. The van der Waals surface area contributed by atoms with E-state index in [1.165, 1.54) is 7.11 Å². The Kier molecular flexibility index (Phi) is 4.87. The molecule has 8 atom stereocenters. The van der Waals surface area contributed by atoms with Crippen molar-refractivity contribution in [3.05, 3.63) is 35.5 Å². The fourth-order valence-electron chi connectivity index (χ4n) is 5.71. The average molecular weight is 386 g/mol. The number of carbonyl (C=O) groups is 2. The molecule has 2 heterocycles. The average Bonchev–Trinajstić information content (AvgIpc) is 2.82. The van der Waals surface area contributed by atoms with Crippen LogP contribution in [0.25, 0.3) is 0 Å². The number of hydrogen-bond acceptors (Lipinski definition) is 5. The van der Waals surface area contributed by atoms with E-state index in [-0.39, 0.29) is 47.6 Å². The van der Waals surface area contributed by atoms with Crippen molar-refractivity contribution in [1.82, 2.24) is 0 Å². The van der Waals surface area contributed by atoms with Crippen molar-refractivity contribution in [3.8, 4) is 0 Å².